The van der Waals surface area contributed by atoms with Gasteiger partial charge < -0.3 is 15.2 Å². The van der Waals surface area contributed by atoms with E-state index in [9.17, 15) is 0 Å². The Morgan fingerprint density at radius 2 is 1.94 bits per heavy atom. The smallest absolute Gasteiger partial charge is 0.213 e. The van der Waals surface area contributed by atoms with Crippen molar-refractivity contribution in [3.63, 3.8) is 0 Å². The lowest BCUT2D eigenvalue weighted by Gasteiger charge is -2.06. The van der Waals surface area contributed by atoms with Crippen LogP contribution >= 0.6 is 0 Å². The van der Waals surface area contributed by atoms with Gasteiger partial charge >= 0.3 is 0 Å². The molecule has 0 amide bonds. The van der Waals surface area contributed by atoms with Crippen LogP contribution in [-0.4, -0.2) is 33.2 Å². The molecule has 0 aliphatic carbocycles. The van der Waals surface area contributed by atoms with E-state index in [1.54, 1.807) is 12.4 Å². The van der Waals surface area contributed by atoms with Gasteiger partial charge in [-0.25, -0.2) is 4.98 Å². The summed E-state index contributed by atoms with van der Waals surface area (Å²) in [6, 6.07) is 0. The van der Waals surface area contributed by atoms with E-state index in [0.29, 0.717) is 18.8 Å². The first kappa shape index (κ1) is 12.3. The Bertz CT molecular complexity index is 458. The van der Waals surface area contributed by atoms with Gasteiger partial charge in [0.05, 0.1) is 12.4 Å². The van der Waals surface area contributed by atoms with Crippen LogP contribution in [0.4, 0.5) is 11.6 Å². The van der Waals surface area contributed by atoms with E-state index < -0.39 is 0 Å². The first-order valence-electron chi connectivity index (χ1n) is 5.93. The van der Waals surface area contributed by atoms with Crippen molar-refractivity contribution >= 4 is 11.6 Å². The fraction of sp³-hybridized carbons (Fsp3) is 0.455. The summed E-state index contributed by atoms with van der Waals surface area (Å²) in [4.78, 5) is 12.4. The highest BCUT2D eigenvalue weighted by atomic mass is 16.5. The Labute approximate surface area is 105 Å². The monoisotopic (exact) mass is 248 g/mol. The molecule has 2 aromatic rings. The molecule has 0 fully saturated rings. The molecular weight excluding hydrogens is 232 g/mol. The molecule has 0 saturated heterocycles. The van der Waals surface area contributed by atoms with Crippen LogP contribution in [0.2, 0.25) is 0 Å². The molecule has 0 bridgehead atoms. The van der Waals surface area contributed by atoms with Crippen LogP contribution in [0.1, 0.15) is 19.2 Å². The molecule has 0 atom stereocenters. The SMILES string of the molecule is CCCNc1cncc(NCCc2ncon2)n1. The van der Waals surface area contributed by atoms with Crippen molar-refractivity contribution in [3.05, 3.63) is 24.6 Å². The van der Waals surface area contributed by atoms with E-state index in [2.05, 4.69) is 42.2 Å². The summed E-state index contributed by atoms with van der Waals surface area (Å²) in [6.07, 6.45) is 6.46. The average Bonchev–Trinajstić information content (AvgIpc) is 2.90. The van der Waals surface area contributed by atoms with Gasteiger partial charge in [0.25, 0.3) is 0 Å². The summed E-state index contributed by atoms with van der Waals surface area (Å²) < 4.78 is 4.65. The fourth-order valence-corrected chi connectivity index (χ4v) is 1.39. The largest absolute Gasteiger partial charge is 0.369 e. The number of nitrogens with zero attached hydrogens (tertiary/aromatic N) is 4. The molecule has 0 aliphatic heterocycles. The van der Waals surface area contributed by atoms with Gasteiger partial charge in [-0.15, -0.1) is 0 Å². The number of hydrogen-bond acceptors (Lipinski definition) is 7. The minimum atomic E-state index is 0.677. The van der Waals surface area contributed by atoms with E-state index in [-0.39, 0.29) is 0 Å². The van der Waals surface area contributed by atoms with Gasteiger partial charge in [-0.1, -0.05) is 12.1 Å². The minimum Gasteiger partial charge on any atom is -0.369 e. The number of hydrogen-bond donors (Lipinski definition) is 2. The molecule has 2 aromatic heterocycles. The Kier molecular flexibility index (Phi) is 4.46. The van der Waals surface area contributed by atoms with E-state index >= 15 is 0 Å². The number of rotatable bonds is 7. The van der Waals surface area contributed by atoms with Gasteiger partial charge in [-0.05, 0) is 6.42 Å². The lowest BCUT2D eigenvalue weighted by molar-refractivity contribution is 0.410. The average molecular weight is 248 g/mol. The van der Waals surface area contributed by atoms with Crippen molar-refractivity contribution in [2.45, 2.75) is 19.8 Å². The summed E-state index contributed by atoms with van der Waals surface area (Å²) in [6.45, 7) is 3.68. The lowest BCUT2D eigenvalue weighted by Crippen LogP contribution is -2.09. The first-order valence-corrected chi connectivity index (χ1v) is 5.93. The van der Waals surface area contributed by atoms with Crippen LogP contribution < -0.4 is 10.6 Å². The second kappa shape index (κ2) is 6.53. The van der Waals surface area contributed by atoms with Crippen LogP contribution in [0.3, 0.4) is 0 Å². The third-order valence-electron chi connectivity index (χ3n) is 2.25. The Hall–Kier alpha value is -2.18. The topological polar surface area (TPSA) is 88.8 Å². The van der Waals surface area contributed by atoms with Gasteiger partial charge in [0.2, 0.25) is 6.39 Å². The summed E-state index contributed by atoms with van der Waals surface area (Å²) >= 11 is 0. The molecule has 7 heteroatoms. The van der Waals surface area contributed by atoms with Crippen LogP contribution in [0.25, 0.3) is 0 Å². The Balaban J connectivity index is 1.81. The maximum absolute atomic E-state index is 4.65. The molecular formula is C11H16N6O. The van der Waals surface area contributed by atoms with E-state index in [0.717, 1.165) is 24.6 Å². The van der Waals surface area contributed by atoms with Crippen molar-refractivity contribution in [3.8, 4) is 0 Å². The highest BCUT2D eigenvalue weighted by Crippen LogP contribution is 2.06. The van der Waals surface area contributed by atoms with Crippen LogP contribution in [0.15, 0.2) is 23.3 Å². The molecule has 0 spiro atoms. The van der Waals surface area contributed by atoms with Crippen molar-refractivity contribution in [1.82, 2.24) is 20.1 Å². The zero-order valence-corrected chi connectivity index (χ0v) is 10.3. The molecule has 0 aromatic carbocycles. The third kappa shape index (κ3) is 3.69. The molecule has 96 valence electrons. The molecule has 2 N–H and O–H groups in total. The maximum Gasteiger partial charge on any atom is 0.213 e. The molecule has 2 heterocycles. The Morgan fingerprint density at radius 1 is 1.17 bits per heavy atom. The zero-order valence-electron chi connectivity index (χ0n) is 10.3. The van der Waals surface area contributed by atoms with Gasteiger partial charge in [0.15, 0.2) is 5.82 Å². The highest BCUT2D eigenvalue weighted by molar-refractivity contribution is 5.41. The number of aromatic nitrogens is 4. The Morgan fingerprint density at radius 3 is 2.61 bits per heavy atom. The highest BCUT2D eigenvalue weighted by Gasteiger charge is 2.00. The fourth-order valence-electron chi connectivity index (χ4n) is 1.39. The van der Waals surface area contributed by atoms with Crippen molar-refractivity contribution < 1.29 is 4.52 Å². The second-order valence-electron chi connectivity index (χ2n) is 3.74. The van der Waals surface area contributed by atoms with Crippen molar-refractivity contribution in [1.29, 1.82) is 0 Å². The molecule has 2 rings (SSSR count). The summed E-state index contributed by atoms with van der Waals surface area (Å²) in [7, 11) is 0. The maximum atomic E-state index is 4.65. The molecule has 18 heavy (non-hydrogen) atoms. The van der Waals surface area contributed by atoms with E-state index in [4.69, 9.17) is 0 Å². The summed E-state index contributed by atoms with van der Waals surface area (Å²) in [5, 5.41) is 10.1. The van der Waals surface area contributed by atoms with Crippen molar-refractivity contribution in [2.75, 3.05) is 23.7 Å². The van der Waals surface area contributed by atoms with E-state index in [1.807, 2.05) is 0 Å². The van der Waals surface area contributed by atoms with Gasteiger partial charge in [-0.3, -0.25) is 4.98 Å². The molecule has 0 saturated carbocycles. The molecule has 0 unspecified atom stereocenters. The minimum absolute atomic E-state index is 0.677. The molecule has 0 radical (unpaired) electrons. The predicted molar refractivity (Wildman–Crippen MR) is 67.3 cm³/mol. The van der Waals surface area contributed by atoms with Gasteiger partial charge in [0.1, 0.15) is 11.6 Å². The van der Waals surface area contributed by atoms with E-state index in [1.165, 1.54) is 6.39 Å². The summed E-state index contributed by atoms with van der Waals surface area (Å²) in [5.74, 6) is 2.19. The lowest BCUT2D eigenvalue weighted by atomic mass is 10.4. The van der Waals surface area contributed by atoms with Gasteiger partial charge in [-0.2, -0.15) is 4.98 Å². The summed E-state index contributed by atoms with van der Waals surface area (Å²) in [5.41, 5.74) is 0. The van der Waals surface area contributed by atoms with Crippen LogP contribution in [0.5, 0.6) is 0 Å². The quantitative estimate of drug-likeness (QED) is 0.764. The normalized spacial score (nSPS) is 10.3. The van der Waals surface area contributed by atoms with Crippen molar-refractivity contribution in [2.24, 2.45) is 0 Å². The van der Waals surface area contributed by atoms with Gasteiger partial charge in [0, 0.05) is 19.5 Å². The van der Waals surface area contributed by atoms with Crippen LogP contribution in [-0.2, 0) is 6.42 Å². The second-order valence-corrected chi connectivity index (χ2v) is 3.74. The third-order valence-corrected chi connectivity index (χ3v) is 2.25. The molecule has 0 aliphatic rings. The standard InChI is InChI=1S/C11H16N6O/c1-2-4-13-10-6-12-7-11(16-10)14-5-3-9-15-8-18-17-9/h6-8H,2-5H2,1H3,(H2,13,14,16). The number of nitrogens with one attached hydrogen (secondary N) is 2. The van der Waals surface area contributed by atoms with Crippen LogP contribution in [0, 0.1) is 0 Å². The predicted octanol–water partition coefficient (Wildman–Crippen LogP) is 1.34. The number of anilines is 2. The zero-order chi connectivity index (χ0) is 12.6. The molecule has 7 nitrogen and oxygen atoms in total. The first-order chi connectivity index (χ1) is 8.88.